The number of ether oxygens (including phenoxy) is 1. The average molecular weight is 381 g/mol. The van der Waals surface area contributed by atoms with Crippen LogP contribution in [0.1, 0.15) is 5.56 Å². The molecule has 2 aromatic carbocycles. The van der Waals surface area contributed by atoms with Gasteiger partial charge < -0.3 is 15.4 Å². The molecule has 0 aliphatic carbocycles. The molecule has 7 nitrogen and oxygen atoms in total. The van der Waals surface area contributed by atoms with Crippen molar-refractivity contribution < 1.29 is 23.2 Å². The molecule has 0 aliphatic rings. The van der Waals surface area contributed by atoms with Crippen LogP contribution in [-0.2, 0) is 16.1 Å². The molecule has 10 heteroatoms. The van der Waals surface area contributed by atoms with Gasteiger partial charge in [0, 0.05) is 18.2 Å². The first-order valence-corrected chi connectivity index (χ1v) is 7.65. The number of halogens is 2. The number of para-hydroxylation sites is 2. The lowest BCUT2D eigenvalue weighted by molar-refractivity contribution is -0.383. The quantitative estimate of drug-likeness (QED) is 0.454. The highest BCUT2D eigenvalue weighted by Gasteiger charge is 2.15. The van der Waals surface area contributed by atoms with Crippen molar-refractivity contribution in [3.8, 4) is 0 Å². The van der Waals surface area contributed by atoms with Gasteiger partial charge in [-0.05, 0) is 36.5 Å². The molecule has 2 rings (SSSR count). The fourth-order valence-electron chi connectivity index (χ4n) is 1.95. The van der Waals surface area contributed by atoms with E-state index in [1.54, 1.807) is 0 Å². The van der Waals surface area contributed by atoms with Crippen molar-refractivity contribution in [1.29, 1.82) is 0 Å². The molecule has 0 radical (unpaired) electrons. The van der Waals surface area contributed by atoms with Crippen LogP contribution in [0.25, 0.3) is 0 Å². The molecule has 136 valence electrons. The number of rotatable bonds is 6. The Morgan fingerprint density at radius 3 is 2.69 bits per heavy atom. The van der Waals surface area contributed by atoms with Crippen molar-refractivity contribution in [3.63, 3.8) is 0 Å². The van der Waals surface area contributed by atoms with Gasteiger partial charge >= 0.3 is 0 Å². The van der Waals surface area contributed by atoms with Gasteiger partial charge in [-0.2, -0.15) is 0 Å². The fourth-order valence-corrected chi connectivity index (χ4v) is 2.08. The summed E-state index contributed by atoms with van der Waals surface area (Å²) < 4.78 is 31.5. The summed E-state index contributed by atoms with van der Waals surface area (Å²) in [5.74, 6) is -1.88. The lowest BCUT2D eigenvalue weighted by Crippen LogP contribution is -2.28. The van der Waals surface area contributed by atoms with Crippen molar-refractivity contribution in [3.05, 3.63) is 69.8 Å². The van der Waals surface area contributed by atoms with E-state index < -0.39 is 29.1 Å². The summed E-state index contributed by atoms with van der Waals surface area (Å²) in [5.41, 5.74) is -0.199. The van der Waals surface area contributed by atoms with Gasteiger partial charge in [-0.3, -0.25) is 14.9 Å². The monoisotopic (exact) mass is 381 g/mol. The SMILES string of the molecule is O=C(COC(=S)NCc1cc(F)ccc1F)Nc1ccccc1[N+](=O)[O-]. The molecule has 2 N–H and O–H groups in total. The van der Waals surface area contributed by atoms with Crippen LogP contribution in [0.4, 0.5) is 20.2 Å². The normalized spacial score (nSPS) is 10.1. The van der Waals surface area contributed by atoms with E-state index >= 15 is 0 Å². The van der Waals surface area contributed by atoms with Crippen molar-refractivity contribution in [2.24, 2.45) is 0 Å². The lowest BCUT2D eigenvalue weighted by Gasteiger charge is -2.11. The van der Waals surface area contributed by atoms with E-state index in [2.05, 4.69) is 10.6 Å². The van der Waals surface area contributed by atoms with Crippen LogP contribution in [0.15, 0.2) is 42.5 Å². The van der Waals surface area contributed by atoms with Crippen LogP contribution in [0, 0.1) is 21.7 Å². The van der Waals surface area contributed by atoms with E-state index in [9.17, 15) is 23.7 Å². The summed E-state index contributed by atoms with van der Waals surface area (Å²) in [7, 11) is 0. The summed E-state index contributed by atoms with van der Waals surface area (Å²) in [6.07, 6.45) is 0. The Kier molecular flexibility index (Phi) is 6.50. The van der Waals surface area contributed by atoms with Crippen LogP contribution < -0.4 is 10.6 Å². The largest absolute Gasteiger partial charge is 0.461 e. The van der Waals surface area contributed by atoms with E-state index in [1.807, 2.05) is 0 Å². The maximum Gasteiger partial charge on any atom is 0.292 e. The van der Waals surface area contributed by atoms with Gasteiger partial charge in [-0.15, -0.1) is 0 Å². The Balaban J connectivity index is 1.83. The van der Waals surface area contributed by atoms with E-state index in [4.69, 9.17) is 17.0 Å². The Hall–Kier alpha value is -3.14. The number of thiocarbonyl (C=S) groups is 1. The van der Waals surface area contributed by atoms with E-state index in [-0.39, 0.29) is 28.7 Å². The maximum atomic E-state index is 13.5. The van der Waals surface area contributed by atoms with Gasteiger partial charge in [-0.1, -0.05) is 12.1 Å². The highest BCUT2D eigenvalue weighted by atomic mass is 32.1. The molecule has 0 spiro atoms. The number of carbonyl (C=O) groups is 1. The third kappa shape index (κ3) is 5.45. The molecule has 0 aromatic heterocycles. The number of anilines is 1. The Morgan fingerprint density at radius 1 is 1.23 bits per heavy atom. The molecule has 1 amide bonds. The second-order valence-corrected chi connectivity index (χ2v) is 5.36. The molecule has 0 heterocycles. The molecule has 0 unspecified atom stereocenters. The number of hydrogen-bond donors (Lipinski definition) is 2. The molecule has 0 saturated heterocycles. The highest BCUT2D eigenvalue weighted by molar-refractivity contribution is 7.80. The van der Waals surface area contributed by atoms with Crippen LogP contribution in [0.5, 0.6) is 0 Å². The summed E-state index contributed by atoms with van der Waals surface area (Å²) in [6, 6.07) is 8.59. The van der Waals surface area contributed by atoms with E-state index in [1.165, 1.54) is 24.3 Å². The molecular weight excluding hydrogens is 368 g/mol. The number of nitrogens with zero attached hydrogens (tertiary/aromatic N) is 1. The smallest absolute Gasteiger partial charge is 0.292 e. The van der Waals surface area contributed by atoms with Gasteiger partial charge in [-0.25, -0.2) is 8.78 Å². The average Bonchev–Trinajstić information content (AvgIpc) is 2.61. The van der Waals surface area contributed by atoms with Crippen molar-refractivity contribution >= 4 is 34.7 Å². The Bertz CT molecular complexity index is 848. The predicted molar refractivity (Wildman–Crippen MR) is 93.5 cm³/mol. The lowest BCUT2D eigenvalue weighted by atomic mass is 10.2. The summed E-state index contributed by atoms with van der Waals surface area (Å²) in [4.78, 5) is 22.1. The molecule has 0 saturated carbocycles. The van der Waals surface area contributed by atoms with Gasteiger partial charge in [0.05, 0.1) is 4.92 Å². The van der Waals surface area contributed by atoms with Crippen molar-refractivity contribution in [2.45, 2.75) is 6.54 Å². The first-order valence-electron chi connectivity index (χ1n) is 7.24. The number of nitro benzene ring substituents is 1. The van der Waals surface area contributed by atoms with E-state index in [0.29, 0.717) is 0 Å². The van der Waals surface area contributed by atoms with Gasteiger partial charge in [0.1, 0.15) is 17.3 Å². The zero-order valence-electron chi connectivity index (χ0n) is 13.2. The van der Waals surface area contributed by atoms with Crippen LogP contribution >= 0.6 is 12.2 Å². The van der Waals surface area contributed by atoms with Gasteiger partial charge in [0.25, 0.3) is 16.8 Å². The molecule has 2 aromatic rings. The Labute approximate surface area is 152 Å². The second-order valence-electron chi connectivity index (χ2n) is 4.99. The van der Waals surface area contributed by atoms with Crippen LogP contribution in [0.3, 0.4) is 0 Å². The zero-order chi connectivity index (χ0) is 19.1. The number of nitro groups is 1. The first kappa shape index (κ1) is 19.2. The first-order chi connectivity index (χ1) is 12.4. The van der Waals surface area contributed by atoms with Crippen molar-refractivity contribution in [2.75, 3.05) is 11.9 Å². The number of amides is 1. The third-order valence-electron chi connectivity index (χ3n) is 3.14. The molecule has 0 bridgehead atoms. The van der Waals surface area contributed by atoms with Gasteiger partial charge in [0.2, 0.25) is 0 Å². The van der Waals surface area contributed by atoms with E-state index in [0.717, 1.165) is 18.2 Å². The third-order valence-corrected chi connectivity index (χ3v) is 3.40. The summed E-state index contributed by atoms with van der Waals surface area (Å²) in [6.45, 7) is -0.641. The predicted octanol–water partition coefficient (Wildman–Crippen LogP) is 2.90. The molecule has 0 aliphatic heterocycles. The zero-order valence-corrected chi connectivity index (χ0v) is 14.0. The second kappa shape index (κ2) is 8.81. The minimum absolute atomic E-state index is 0.0202. The standard InChI is InChI=1S/C16H13F2N3O4S/c17-11-5-6-12(18)10(7-11)8-19-16(26)25-9-15(22)20-13-3-1-2-4-14(13)21(23)24/h1-7H,8-9H2,(H,19,26)(H,20,22). The highest BCUT2D eigenvalue weighted by Crippen LogP contribution is 2.22. The molecule has 0 atom stereocenters. The number of benzene rings is 2. The topological polar surface area (TPSA) is 93.5 Å². The molecular formula is C16H13F2N3O4S. The maximum absolute atomic E-state index is 13.5. The molecule has 26 heavy (non-hydrogen) atoms. The van der Waals surface area contributed by atoms with Crippen LogP contribution in [0.2, 0.25) is 0 Å². The minimum atomic E-state index is -0.666. The number of hydrogen-bond acceptors (Lipinski definition) is 5. The van der Waals surface area contributed by atoms with Crippen molar-refractivity contribution in [1.82, 2.24) is 5.32 Å². The molecule has 0 fully saturated rings. The summed E-state index contributed by atoms with van der Waals surface area (Å²) in [5, 5.41) is 15.5. The summed E-state index contributed by atoms with van der Waals surface area (Å²) >= 11 is 4.84. The van der Waals surface area contributed by atoms with Gasteiger partial charge in [0.15, 0.2) is 6.61 Å². The Morgan fingerprint density at radius 2 is 1.96 bits per heavy atom. The number of carbonyl (C=O) groups excluding carboxylic acids is 1. The number of nitrogens with one attached hydrogen (secondary N) is 2. The minimum Gasteiger partial charge on any atom is -0.461 e. The fraction of sp³-hybridized carbons (Fsp3) is 0.125. The van der Waals surface area contributed by atoms with Crippen LogP contribution in [-0.4, -0.2) is 22.6 Å².